The summed E-state index contributed by atoms with van der Waals surface area (Å²) in [4.78, 5) is 31.2. The van der Waals surface area contributed by atoms with Crippen molar-refractivity contribution in [2.45, 2.75) is 63.3 Å². The first-order valence-corrected chi connectivity index (χ1v) is 13.6. The molecule has 2 aromatic carbocycles. The molecule has 190 valence electrons. The Balaban J connectivity index is 1.24. The summed E-state index contributed by atoms with van der Waals surface area (Å²) in [6, 6.07) is 14.2. The van der Waals surface area contributed by atoms with E-state index in [0.717, 1.165) is 55.8 Å². The van der Waals surface area contributed by atoms with Gasteiger partial charge in [0.1, 0.15) is 13.2 Å². The number of nitrogens with zero attached hydrogens (tertiary/aromatic N) is 2. The van der Waals surface area contributed by atoms with Crippen molar-refractivity contribution in [1.29, 1.82) is 0 Å². The number of ether oxygens (including phenoxy) is 2. The highest BCUT2D eigenvalue weighted by atomic mass is 16.6. The number of carbonyl (C=O) groups is 2. The van der Waals surface area contributed by atoms with Crippen molar-refractivity contribution in [3.63, 3.8) is 0 Å². The second kappa shape index (κ2) is 9.45. The van der Waals surface area contributed by atoms with Crippen LogP contribution in [-0.2, 0) is 21.4 Å². The Morgan fingerprint density at radius 2 is 1.72 bits per heavy atom. The number of likely N-dealkylation sites (tertiary alicyclic amines) is 1. The molecular formula is C30H36N2O4. The zero-order valence-electron chi connectivity index (χ0n) is 21.2. The van der Waals surface area contributed by atoms with Crippen molar-refractivity contribution in [2.75, 3.05) is 32.8 Å². The molecule has 1 saturated heterocycles. The summed E-state index contributed by atoms with van der Waals surface area (Å²) in [6.45, 7) is 5.31. The van der Waals surface area contributed by atoms with Gasteiger partial charge in [0.15, 0.2) is 11.5 Å². The molecule has 6 heteroatoms. The van der Waals surface area contributed by atoms with Gasteiger partial charge < -0.3 is 19.3 Å². The maximum Gasteiger partial charge on any atom is 0.228 e. The van der Waals surface area contributed by atoms with Crippen LogP contribution in [0.4, 0.5) is 0 Å². The Kier molecular flexibility index (Phi) is 6.14. The molecule has 2 atom stereocenters. The summed E-state index contributed by atoms with van der Waals surface area (Å²) in [6.07, 6.45) is 6.69. The molecule has 36 heavy (non-hydrogen) atoms. The summed E-state index contributed by atoms with van der Waals surface area (Å²) in [5.74, 6) is 1.82. The lowest BCUT2D eigenvalue weighted by Crippen LogP contribution is -2.53. The molecule has 6 rings (SSSR count). The predicted octanol–water partition coefficient (Wildman–Crippen LogP) is 4.65. The van der Waals surface area contributed by atoms with Gasteiger partial charge in [0, 0.05) is 25.0 Å². The quantitative estimate of drug-likeness (QED) is 0.631. The number of hydrogen-bond acceptors (Lipinski definition) is 4. The van der Waals surface area contributed by atoms with Crippen LogP contribution in [0.25, 0.3) is 0 Å². The fourth-order valence-electron chi connectivity index (χ4n) is 6.90. The number of piperidine rings is 1. The van der Waals surface area contributed by atoms with Crippen molar-refractivity contribution in [3.05, 3.63) is 59.2 Å². The van der Waals surface area contributed by atoms with E-state index in [1.165, 1.54) is 24.0 Å². The molecule has 1 aliphatic carbocycles. The Hall–Kier alpha value is -3.02. The molecule has 2 amide bonds. The lowest BCUT2D eigenvalue weighted by molar-refractivity contribution is -0.143. The van der Waals surface area contributed by atoms with Gasteiger partial charge >= 0.3 is 0 Å². The lowest BCUT2D eigenvalue weighted by Gasteiger charge is -2.48. The standard InChI is InChI=1S/C30H36N2O4/c1-21-24-17-26-27(36-15-14-35-26)18-25(24)30(11-5-6-12-30)20-32(21)29(34)23-10-7-13-31(19-23)28(33)16-22-8-3-2-4-9-22/h2-4,8-9,17-18,21,23H,5-7,10-16,19-20H2,1H3. The highest BCUT2D eigenvalue weighted by molar-refractivity contribution is 5.83. The van der Waals surface area contributed by atoms with E-state index in [4.69, 9.17) is 9.47 Å². The van der Waals surface area contributed by atoms with E-state index in [0.29, 0.717) is 26.2 Å². The van der Waals surface area contributed by atoms with Crippen molar-refractivity contribution in [2.24, 2.45) is 5.92 Å². The molecule has 2 aromatic rings. The third-order valence-corrected chi connectivity index (χ3v) is 8.84. The summed E-state index contributed by atoms with van der Waals surface area (Å²) in [5.41, 5.74) is 3.57. The first-order chi connectivity index (χ1) is 17.5. The first kappa shape index (κ1) is 23.4. The van der Waals surface area contributed by atoms with Crippen molar-refractivity contribution >= 4 is 11.8 Å². The topological polar surface area (TPSA) is 59.1 Å². The molecule has 1 spiro atoms. The molecule has 1 saturated carbocycles. The molecule has 2 unspecified atom stereocenters. The summed E-state index contributed by atoms with van der Waals surface area (Å²) in [5, 5.41) is 0. The van der Waals surface area contributed by atoms with E-state index >= 15 is 0 Å². The van der Waals surface area contributed by atoms with Crippen LogP contribution in [0.15, 0.2) is 42.5 Å². The minimum absolute atomic E-state index is 0.00910. The van der Waals surface area contributed by atoms with Gasteiger partial charge in [-0.1, -0.05) is 43.2 Å². The maximum absolute atomic E-state index is 14.1. The second-order valence-corrected chi connectivity index (χ2v) is 11.1. The zero-order chi connectivity index (χ0) is 24.7. The number of benzene rings is 2. The Morgan fingerprint density at radius 3 is 2.47 bits per heavy atom. The summed E-state index contributed by atoms with van der Waals surface area (Å²) in [7, 11) is 0. The van der Waals surface area contributed by atoms with Crippen LogP contribution in [0.5, 0.6) is 11.5 Å². The fourth-order valence-corrected chi connectivity index (χ4v) is 6.90. The second-order valence-electron chi connectivity index (χ2n) is 11.1. The van der Waals surface area contributed by atoms with E-state index in [1.54, 1.807) is 0 Å². The molecule has 6 nitrogen and oxygen atoms in total. The van der Waals surface area contributed by atoms with Crippen LogP contribution in [-0.4, -0.2) is 54.5 Å². The van der Waals surface area contributed by atoms with Gasteiger partial charge in [-0.25, -0.2) is 0 Å². The monoisotopic (exact) mass is 488 g/mol. The van der Waals surface area contributed by atoms with Gasteiger partial charge in [0.2, 0.25) is 11.8 Å². The van der Waals surface area contributed by atoms with E-state index in [1.807, 2.05) is 35.2 Å². The number of fused-ring (bicyclic) bond motifs is 3. The smallest absolute Gasteiger partial charge is 0.228 e. The van der Waals surface area contributed by atoms with Crippen LogP contribution >= 0.6 is 0 Å². The van der Waals surface area contributed by atoms with Gasteiger partial charge in [-0.15, -0.1) is 0 Å². The highest BCUT2D eigenvalue weighted by Gasteiger charge is 2.47. The van der Waals surface area contributed by atoms with E-state index < -0.39 is 0 Å². The van der Waals surface area contributed by atoms with Crippen LogP contribution < -0.4 is 9.47 Å². The molecule has 0 N–H and O–H groups in total. The molecular weight excluding hydrogens is 452 g/mol. The predicted molar refractivity (Wildman–Crippen MR) is 137 cm³/mol. The number of carbonyl (C=O) groups excluding carboxylic acids is 2. The first-order valence-electron chi connectivity index (χ1n) is 13.6. The zero-order valence-corrected chi connectivity index (χ0v) is 21.2. The molecule has 0 radical (unpaired) electrons. The summed E-state index contributed by atoms with van der Waals surface area (Å²) < 4.78 is 11.8. The van der Waals surface area contributed by atoms with Gasteiger partial charge in [-0.2, -0.15) is 0 Å². The highest BCUT2D eigenvalue weighted by Crippen LogP contribution is 2.52. The Labute approximate surface area is 213 Å². The van der Waals surface area contributed by atoms with Crippen LogP contribution in [0, 0.1) is 5.92 Å². The number of hydrogen-bond donors (Lipinski definition) is 0. The van der Waals surface area contributed by atoms with Crippen LogP contribution in [0.3, 0.4) is 0 Å². The van der Waals surface area contributed by atoms with Crippen molar-refractivity contribution < 1.29 is 19.1 Å². The molecule has 3 aliphatic heterocycles. The largest absolute Gasteiger partial charge is 0.486 e. The third-order valence-electron chi connectivity index (χ3n) is 8.84. The maximum atomic E-state index is 14.1. The SMILES string of the molecule is CC1c2cc3c(cc2C2(CCCC2)CN1C(=O)C1CCCN(C(=O)Cc2ccccc2)C1)OCCO3. The average Bonchev–Trinajstić information content (AvgIpc) is 3.39. The number of amides is 2. The minimum Gasteiger partial charge on any atom is -0.486 e. The molecule has 2 fully saturated rings. The molecule has 0 bridgehead atoms. The third kappa shape index (κ3) is 4.14. The fraction of sp³-hybridized carbons (Fsp3) is 0.533. The normalized spacial score (nSPS) is 24.5. The average molecular weight is 489 g/mol. The van der Waals surface area contributed by atoms with Gasteiger partial charge in [0.05, 0.1) is 18.4 Å². The van der Waals surface area contributed by atoms with Gasteiger partial charge in [-0.05, 0) is 61.4 Å². The van der Waals surface area contributed by atoms with Gasteiger partial charge in [0.25, 0.3) is 0 Å². The Morgan fingerprint density at radius 1 is 1.00 bits per heavy atom. The minimum atomic E-state index is -0.141. The van der Waals surface area contributed by atoms with Crippen molar-refractivity contribution in [1.82, 2.24) is 9.80 Å². The molecule has 3 heterocycles. The van der Waals surface area contributed by atoms with Crippen molar-refractivity contribution in [3.8, 4) is 11.5 Å². The van der Waals surface area contributed by atoms with Crippen LogP contribution in [0.1, 0.15) is 68.2 Å². The number of rotatable bonds is 3. The van der Waals surface area contributed by atoms with E-state index in [9.17, 15) is 9.59 Å². The van der Waals surface area contributed by atoms with E-state index in [2.05, 4.69) is 24.0 Å². The van der Waals surface area contributed by atoms with E-state index in [-0.39, 0.29) is 29.2 Å². The Bertz CT molecular complexity index is 1140. The molecule has 4 aliphatic rings. The van der Waals surface area contributed by atoms with Gasteiger partial charge in [-0.3, -0.25) is 9.59 Å². The lowest BCUT2D eigenvalue weighted by atomic mass is 9.71. The van der Waals surface area contributed by atoms with Crippen LogP contribution in [0.2, 0.25) is 0 Å². The summed E-state index contributed by atoms with van der Waals surface area (Å²) >= 11 is 0. The molecule has 0 aromatic heterocycles.